The van der Waals surface area contributed by atoms with Crippen molar-refractivity contribution >= 4 is 5.97 Å². The zero-order chi connectivity index (χ0) is 41.4. The molecule has 57 heavy (non-hydrogen) atoms. The molecular formula is C36H60F5NO15. The Bertz CT molecular complexity index is 1070. The minimum absolute atomic E-state index is 0.0777. The van der Waals surface area contributed by atoms with Gasteiger partial charge in [0.2, 0.25) is 34.8 Å². The molecule has 1 N–H and O–H groups in total. The van der Waals surface area contributed by atoms with E-state index in [9.17, 15) is 26.7 Å². The Labute approximate surface area is 331 Å². The maximum Gasteiger partial charge on any atom is 0.313 e. The molecule has 1 aromatic rings. The highest BCUT2D eigenvalue weighted by molar-refractivity contribution is 5.72. The van der Waals surface area contributed by atoms with Gasteiger partial charge in [0.05, 0.1) is 178 Å². The number of halogens is 5. The maximum absolute atomic E-state index is 13.6. The van der Waals surface area contributed by atoms with E-state index >= 15 is 0 Å². The van der Waals surface area contributed by atoms with E-state index in [0.29, 0.717) is 145 Å². The molecule has 0 amide bonds. The summed E-state index contributed by atoms with van der Waals surface area (Å²) in [4.78, 5) is 11.7. The fourth-order valence-corrected chi connectivity index (χ4v) is 3.91. The van der Waals surface area contributed by atoms with E-state index in [0.717, 1.165) is 6.54 Å². The third-order valence-corrected chi connectivity index (χ3v) is 6.80. The molecule has 0 saturated heterocycles. The number of carbonyl (C=O) groups excluding carboxylic acids is 1. The van der Waals surface area contributed by atoms with E-state index in [2.05, 4.69) is 10.1 Å². The van der Waals surface area contributed by atoms with Crippen LogP contribution in [0.4, 0.5) is 22.0 Å². The number of benzene rings is 1. The SMILES string of the molecule is CNCCOCCOCCOCCOCCOCCOCCOCCOCCOCCOCCOCCOCCOCCC(=O)Oc1c(F)c(F)c(F)c(F)c1F. The predicted octanol–water partition coefficient (Wildman–Crippen LogP) is 2.11. The number of esters is 1. The summed E-state index contributed by atoms with van der Waals surface area (Å²) in [5, 5.41) is 3.01. The zero-order valence-electron chi connectivity index (χ0n) is 32.8. The highest BCUT2D eigenvalue weighted by Crippen LogP contribution is 2.29. The molecule has 0 fully saturated rings. The fourth-order valence-electron chi connectivity index (χ4n) is 3.91. The molecule has 0 aliphatic carbocycles. The molecule has 0 radical (unpaired) electrons. The van der Waals surface area contributed by atoms with Crippen LogP contribution in [-0.2, 0) is 66.4 Å². The first kappa shape index (κ1) is 52.8. The van der Waals surface area contributed by atoms with E-state index in [4.69, 9.17) is 61.6 Å². The molecule has 0 saturated carbocycles. The minimum atomic E-state index is -2.35. The standard InChI is InChI=1S/C36H60F5NO15/c1-42-3-5-45-7-9-47-11-13-49-15-17-51-19-21-53-23-25-55-27-29-56-28-26-54-24-22-52-20-18-50-16-14-48-12-10-46-8-6-44-4-2-30(43)57-36-34(40)32(38)31(37)33(39)35(36)41/h42H,2-29H2,1H3. The van der Waals surface area contributed by atoms with Crippen molar-refractivity contribution in [1.29, 1.82) is 0 Å². The van der Waals surface area contributed by atoms with Gasteiger partial charge in [-0.3, -0.25) is 4.79 Å². The van der Waals surface area contributed by atoms with Gasteiger partial charge in [-0.2, -0.15) is 8.78 Å². The van der Waals surface area contributed by atoms with Crippen molar-refractivity contribution in [1.82, 2.24) is 5.32 Å². The lowest BCUT2D eigenvalue weighted by Gasteiger charge is -2.09. The Kier molecular flexibility index (Phi) is 36.4. The first-order valence-electron chi connectivity index (χ1n) is 18.8. The van der Waals surface area contributed by atoms with Crippen LogP contribution in [0.15, 0.2) is 0 Å². The topological polar surface area (TPSA) is 158 Å². The number of ether oxygens (including phenoxy) is 14. The monoisotopic (exact) mass is 841 g/mol. The Morgan fingerprint density at radius 2 is 0.561 bits per heavy atom. The van der Waals surface area contributed by atoms with Gasteiger partial charge in [-0.15, -0.1) is 0 Å². The van der Waals surface area contributed by atoms with Crippen molar-refractivity contribution in [3.63, 3.8) is 0 Å². The van der Waals surface area contributed by atoms with Gasteiger partial charge in [0.1, 0.15) is 0 Å². The van der Waals surface area contributed by atoms with Gasteiger partial charge in [-0.25, -0.2) is 13.2 Å². The van der Waals surface area contributed by atoms with Crippen LogP contribution in [0.3, 0.4) is 0 Å². The normalized spacial score (nSPS) is 11.5. The average Bonchev–Trinajstić information content (AvgIpc) is 3.21. The molecule has 0 heterocycles. The van der Waals surface area contributed by atoms with Crippen molar-refractivity contribution in [2.75, 3.05) is 185 Å². The number of carbonyl (C=O) groups is 1. The molecule has 0 bridgehead atoms. The smallest absolute Gasteiger partial charge is 0.313 e. The first-order chi connectivity index (χ1) is 27.9. The van der Waals surface area contributed by atoms with Crippen molar-refractivity contribution in [2.24, 2.45) is 0 Å². The molecule has 0 spiro atoms. The lowest BCUT2D eigenvalue weighted by molar-refractivity contribution is -0.136. The fraction of sp³-hybridized carbons (Fsp3) is 0.806. The van der Waals surface area contributed by atoms with Crippen LogP contribution in [0, 0.1) is 29.1 Å². The van der Waals surface area contributed by atoms with Gasteiger partial charge in [-0.1, -0.05) is 0 Å². The van der Waals surface area contributed by atoms with Crippen LogP contribution < -0.4 is 10.1 Å². The van der Waals surface area contributed by atoms with E-state index in [1.54, 1.807) is 0 Å². The number of likely N-dealkylation sites (N-methyl/N-ethyl adjacent to an activating group) is 1. The first-order valence-corrected chi connectivity index (χ1v) is 18.8. The third kappa shape index (κ3) is 30.5. The summed E-state index contributed by atoms with van der Waals surface area (Å²) in [6, 6.07) is 0. The molecule has 0 aliphatic heterocycles. The summed E-state index contributed by atoms with van der Waals surface area (Å²) < 4.78 is 141. The highest BCUT2D eigenvalue weighted by Gasteiger charge is 2.28. The number of rotatable bonds is 43. The van der Waals surface area contributed by atoms with Crippen molar-refractivity contribution in [2.45, 2.75) is 6.42 Å². The summed E-state index contributed by atoms with van der Waals surface area (Å²) in [6.07, 6.45) is -0.489. The Hall–Kier alpha value is -2.22. The van der Waals surface area contributed by atoms with Crippen LogP contribution in [0.2, 0.25) is 0 Å². The molecule has 0 atom stereocenters. The lowest BCUT2D eigenvalue weighted by Crippen LogP contribution is -2.17. The second-order valence-electron chi connectivity index (χ2n) is 11.2. The summed E-state index contributed by atoms with van der Waals surface area (Å²) in [5.41, 5.74) is 0. The number of hydrogen-bond donors (Lipinski definition) is 1. The molecule has 16 nitrogen and oxygen atoms in total. The summed E-state index contributed by atoms with van der Waals surface area (Å²) >= 11 is 0. The molecule has 0 aromatic heterocycles. The zero-order valence-corrected chi connectivity index (χ0v) is 32.8. The molecule has 1 aromatic carbocycles. The van der Waals surface area contributed by atoms with Gasteiger partial charge in [-0.05, 0) is 7.05 Å². The molecule has 21 heteroatoms. The third-order valence-electron chi connectivity index (χ3n) is 6.80. The van der Waals surface area contributed by atoms with E-state index < -0.39 is 47.2 Å². The quantitative estimate of drug-likeness (QED) is 0.0255. The summed E-state index contributed by atoms with van der Waals surface area (Å²) in [6.45, 7) is 11.4. The van der Waals surface area contributed by atoms with Crippen LogP contribution >= 0.6 is 0 Å². The molecular weight excluding hydrogens is 781 g/mol. The van der Waals surface area contributed by atoms with E-state index in [1.165, 1.54) is 0 Å². The molecule has 334 valence electrons. The Morgan fingerprint density at radius 3 is 0.807 bits per heavy atom. The van der Waals surface area contributed by atoms with Crippen LogP contribution in [0.25, 0.3) is 0 Å². The van der Waals surface area contributed by atoms with Crippen molar-refractivity contribution in [3.05, 3.63) is 29.1 Å². The summed E-state index contributed by atoms with van der Waals surface area (Å²) in [5.74, 6) is -14.1. The van der Waals surface area contributed by atoms with Crippen LogP contribution in [0.1, 0.15) is 6.42 Å². The maximum atomic E-state index is 13.6. The average molecular weight is 842 g/mol. The molecule has 0 unspecified atom stereocenters. The number of hydrogen-bond acceptors (Lipinski definition) is 16. The van der Waals surface area contributed by atoms with Gasteiger partial charge < -0.3 is 71.6 Å². The van der Waals surface area contributed by atoms with E-state index in [1.807, 2.05) is 7.05 Å². The van der Waals surface area contributed by atoms with Gasteiger partial charge >= 0.3 is 5.97 Å². The van der Waals surface area contributed by atoms with Crippen molar-refractivity contribution in [3.8, 4) is 5.75 Å². The predicted molar refractivity (Wildman–Crippen MR) is 191 cm³/mol. The molecule has 0 aliphatic rings. The van der Waals surface area contributed by atoms with Gasteiger partial charge in [0.25, 0.3) is 0 Å². The largest absolute Gasteiger partial charge is 0.420 e. The van der Waals surface area contributed by atoms with Crippen LogP contribution in [-0.4, -0.2) is 191 Å². The molecule has 1 rings (SSSR count). The minimum Gasteiger partial charge on any atom is -0.420 e. The van der Waals surface area contributed by atoms with Gasteiger partial charge in [0.15, 0.2) is 0 Å². The highest BCUT2D eigenvalue weighted by atomic mass is 19.2. The Balaban J connectivity index is 1.70. The van der Waals surface area contributed by atoms with Crippen molar-refractivity contribution < 1.29 is 93.1 Å². The van der Waals surface area contributed by atoms with Crippen LogP contribution in [0.5, 0.6) is 5.75 Å². The summed E-state index contributed by atoms with van der Waals surface area (Å²) in [7, 11) is 1.88. The second-order valence-corrected chi connectivity index (χ2v) is 11.2. The van der Waals surface area contributed by atoms with E-state index in [-0.39, 0.29) is 26.4 Å². The lowest BCUT2D eigenvalue weighted by atomic mass is 10.2. The Morgan fingerprint density at radius 1 is 0.351 bits per heavy atom. The van der Waals surface area contributed by atoms with Gasteiger partial charge in [0, 0.05) is 6.54 Å². The number of nitrogens with one attached hydrogen (secondary N) is 1. The second kappa shape index (κ2) is 39.3.